The maximum Gasteiger partial charge on any atom is 0.157 e. The SMILES string of the molecule is CC(C)(C)C(=O)Cc1cc(N2CCOCC2)n2nccc2n1. The molecule has 0 amide bonds. The van der Waals surface area contributed by atoms with Gasteiger partial charge in [-0.3, -0.25) is 4.79 Å². The van der Waals surface area contributed by atoms with Gasteiger partial charge in [-0.1, -0.05) is 20.8 Å². The van der Waals surface area contributed by atoms with Crippen LogP contribution in [0.15, 0.2) is 18.3 Å². The average molecular weight is 302 g/mol. The first-order chi connectivity index (χ1) is 10.4. The molecule has 0 N–H and O–H groups in total. The predicted molar refractivity (Wildman–Crippen MR) is 84.2 cm³/mol. The number of anilines is 1. The van der Waals surface area contributed by atoms with Gasteiger partial charge < -0.3 is 9.64 Å². The molecule has 1 fully saturated rings. The lowest BCUT2D eigenvalue weighted by Gasteiger charge is -2.29. The van der Waals surface area contributed by atoms with Gasteiger partial charge in [-0.15, -0.1) is 0 Å². The number of carbonyl (C=O) groups is 1. The van der Waals surface area contributed by atoms with Gasteiger partial charge in [-0.05, 0) is 0 Å². The van der Waals surface area contributed by atoms with E-state index in [-0.39, 0.29) is 11.2 Å². The Morgan fingerprint density at radius 1 is 1.32 bits per heavy atom. The Morgan fingerprint density at radius 2 is 2.05 bits per heavy atom. The van der Waals surface area contributed by atoms with E-state index in [0.717, 1.165) is 30.2 Å². The molecule has 0 atom stereocenters. The molecule has 2 aromatic rings. The van der Waals surface area contributed by atoms with E-state index in [0.29, 0.717) is 19.6 Å². The molecule has 118 valence electrons. The van der Waals surface area contributed by atoms with Crippen LogP contribution in [0, 0.1) is 5.41 Å². The molecule has 3 rings (SSSR count). The van der Waals surface area contributed by atoms with Crippen LogP contribution in [0.5, 0.6) is 0 Å². The van der Waals surface area contributed by atoms with Gasteiger partial charge in [0.15, 0.2) is 5.65 Å². The zero-order valence-corrected chi connectivity index (χ0v) is 13.4. The van der Waals surface area contributed by atoms with Crippen molar-refractivity contribution in [3.05, 3.63) is 24.0 Å². The summed E-state index contributed by atoms with van der Waals surface area (Å²) in [5.41, 5.74) is 1.22. The van der Waals surface area contributed by atoms with Crippen LogP contribution in [0.4, 0.5) is 5.82 Å². The van der Waals surface area contributed by atoms with Crippen molar-refractivity contribution in [3.8, 4) is 0 Å². The van der Waals surface area contributed by atoms with Crippen LogP contribution in [0.1, 0.15) is 26.5 Å². The van der Waals surface area contributed by atoms with Gasteiger partial charge >= 0.3 is 0 Å². The number of aromatic nitrogens is 3. The van der Waals surface area contributed by atoms with Crippen LogP contribution in [0.2, 0.25) is 0 Å². The van der Waals surface area contributed by atoms with Gasteiger partial charge in [-0.25, -0.2) is 4.98 Å². The van der Waals surface area contributed by atoms with Crippen molar-refractivity contribution < 1.29 is 9.53 Å². The number of nitrogens with zero attached hydrogens (tertiary/aromatic N) is 4. The predicted octanol–water partition coefficient (Wildman–Crippen LogP) is 1.72. The van der Waals surface area contributed by atoms with Gasteiger partial charge in [0.2, 0.25) is 0 Å². The molecule has 0 radical (unpaired) electrons. The Kier molecular flexibility index (Phi) is 3.87. The zero-order chi connectivity index (χ0) is 15.7. The number of morpholine rings is 1. The second-order valence-electron chi connectivity index (χ2n) is 6.66. The Morgan fingerprint density at radius 3 is 2.73 bits per heavy atom. The fourth-order valence-electron chi connectivity index (χ4n) is 2.49. The maximum atomic E-state index is 12.3. The lowest BCUT2D eigenvalue weighted by Crippen LogP contribution is -2.37. The van der Waals surface area contributed by atoms with Crippen LogP contribution in [0.3, 0.4) is 0 Å². The van der Waals surface area contributed by atoms with E-state index >= 15 is 0 Å². The van der Waals surface area contributed by atoms with Crippen molar-refractivity contribution in [2.75, 3.05) is 31.2 Å². The van der Waals surface area contributed by atoms with Crippen LogP contribution < -0.4 is 4.90 Å². The third-order valence-electron chi connectivity index (χ3n) is 3.91. The summed E-state index contributed by atoms with van der Waals surface area (Å²) in [6, 6.07) is 3.85. The van der Waals surface area contributed by atoms with Crippen molar-refractivity contribution in [2.45, 2.75) is 27.2 Å². The van der Waals surface area contributed by atoms with E-state index in [4.69, 9.17) is 4.74 Å². The molecular formula is C16H22N4O2. The number of ether oxygens (including phenoxy) is 1. The van der Waals surface area contributed by atoms with Crippen molar-refractivity contribution >= 4 is 17.2 Å². The third kappa shape index (κ3) is 2.97. The molecule has 0 saturated carbocycles. The third-order valence-corrected chi connectivity index (χ3v) is 3.91. The lowest BCUT2D eigenvalue weighted by atomic mass is 9.88. The van der Waals surface area contributed by atoms with Crippen molar-refractivity contribution in [1.29, 1.82) is 0 Å². The second-order valence-corrected chi connectivity index (χ2v) is 6.66. The summed E-state index contributed by atoms with van der Waals surface area (Å²) in [7, 11) is 0. The standard InChI is InChI=1S/C16H22N4O2/c1-16(2,3)13(21)10-12-11-15(19-6-8-22-9-7-19)20-14(18-12)4-5-17-20/h4-5,11H,6-10H2,1-3H3. The van der Waals surface area contributed by atoms with Crippen LogP contribution in [0.25, 0.3) is 5.65 Å². The number of rotatable bonds is 3. The number of carbonyl (C=O) groups excluding carboxylic acids is 1. The molecule has 0 unspecified atom stereocenters. The normalized spacial score (nSPS) is 16.2. The maximum absolute atomic E-state index is 12.3. The molecule has 0 aromatic carbocycles. The van der Waals surface area contributed by atoms with E-state index in [1.165, 1.54) is 0 Å². The summed E-state index contributed by atoms with van der Waals surface area (Å²) in [5, 5.41) is 4.35. The number of fused-ring (bicyclic) bond motifs is 1. The second kappa shape index (κ2) is 5.68. The van der Waals surface area contributed by atoms with E-state index in [1.807, 2.05) is 37.4 Å². The minimum atomic E-state index is -0.354. The molecule has 6 nitrogen and oxygen atoms in total. The molecule has 0 bridgehead atoms. The van der Waals surface area contributed by atoms with Gasteiger partial charge in [0, 0.05) is 37.1 Å². The minimum absolute atomic E-state index is 0.191. The molecule has 1 aliphatic rings. The molecule has 6 heteroatoms. The molecule has 3 heterocycles. The molecule has 1 saturated heterocycles. The molecule has 2 aromatic heterocycles. The van der Waals surface area contributed by atoms with Crippen molar-refractivity contribution in [2.24, 2.45) is 5.41 Å². The zero-order valence-electron chi connectivity index (χ0n) is 13.4. The highest BCUT2D eigenvalue weighted by Gasteiger charge is 2.23. The Bertz CT molecular complexity index is 681. The molecule has 0 aliphatic carbocycles. The van der Waals surface area contributed by atoms with E-state index in [9.17, 15) is 4.79 Å². The highest BCUT2D eigenvalue weighted by atomic mass is 16.5. The summed E-state index contributed by atoms with van der Waals surface area (Å²) >= 11 is 0. The summed E-state index contributed by atoms with van der Waals surface area (Å²) < 4.78 is 7.24. The van der Waals surface area contributed by atoms with Crippen molar-refractivity contribution in [3.63, 3.8) is 0 Å². The van der Waals surface area contributed by atoms with Gasteiger partial charge in [0.25, 0.3) is 0 Å². The first-order valence-corrected chi connectivity index (χ1v) is 7.65. The van der Waals surface area contributed by atoms with Gasteiger partial charge in [0.05, 0.1) is 25.1 Å². The topological polar surface area (TPSA) is 59.7 Å². The summed E-state index contributed by atoms with van der Waals surface area (Å²) in [5.74, 6) is 1.17. The number of hydrogen-bond donors (Lipinski definition) is 0. The molecule has 1 aliphatic heterocycles. The largest absolute Gasteiger partial charge is 0.378 e. The molecule has 0 spiro atoms. The van der Waals surface area contributed by atoms with E-state index in [1.54, 1.807) is 6.20 Å². The van der Waals surface area contributed by atoms with Crippen LogP contribution in [-0.4, -0.2) is 46.7 Å². The quantitative estimate of drug-likeness (QED) is 0.864. The molecular weight excluding hydrogens is 280 g/mol. The van der Waals surface area contributed by atoms with Crippen LogP contribution in [-0.2, 0) is 16.0 Å². The van der Waals surface area contributed by atoms with Crippen LogP contribution >= 0.6 is 0 Å². The molecule has 22 heavy (non-hydrogen) atoms. The Labute approximate surface area is 130 Å². The number of ketones is 1. The Hall–Kier alpha value is -1.95. The monoisotopic (exact) mass is 302 g/mol. The summed E-state index contributed by atoms with van der Waals surface area (Å²) in [6.45, 7) is 8.89. The van der Waals surface area contributed by atoms with Gasteiger partial charge in [0.1, 0.15) is 11.6 Å². The smallest absolute Gasteiger partial charge is 0.157 e. The number of Topliss-reactive ketones (excluding diaryl/α,β-unsaturated/α-hetero) is 1. The first-order valence-electron chi connectivity index (χ1n) is 7.65. The minimum Gasteiger partial charge on any atom is -0.378 e. The van der Waals surface area contributed by atoms with Gasteiger partial charge in [-0.2, -0.15) is 9.61 Å². The Balaban J connectivity index is 1.96. The fraction of sp³-hybridized carbons (Fsp3) is 0.562. The average Bonchev–Trinajstić information content (AvgIpc) is 2.94. The highest BCUT2D eigenvalue weighted by molar-refractivity contribution is 5.85. The number of hydrogen-bond acceptors (Lipinski definition) is 5. The first kappa shape index (κ1) is 15.0. The van der Waals surface area contributed by atoms with E-state index in [2.05, 4.69) is 15.0 Å². The van der Waals surface area contributed by atoms with Crippen molar-refractivity contribution in [1.82, 2.24) is 14.6 Å². The highest BCUT2D eigenvalue weighted by Crippen LogP contribution is 2.22. The van der Waals surface area contributed by atoms with E-state index < -0.39 is 0 Å². The summed E-state index contributed by atoms with van der Waals surface area (Å²) in [4.78, 5) is 19.1. The summed E-state index contributed by atoms with van der Waals surface area (Å²) in [6.07, 6.45) is 2.09. The fourth-order valence-corrected chi connectivity index (χ4v) is 2.49. The lowest BCUT2D eigenvalue weighted by molar-refractivity contribution is -0.125.